The fourth-order valence-electron chi connectivity index (χ4n) is 2.68. The van der Waals surface area contributed by atoms with Crippen molar-refractivity contribution < 1.29 is 14.3 Å². The van der Waals surface area contributed by atoms with E-state index in [1.54, 1.807) is 37.4 Å². The van der Waals surface area contributed by atoms with Crippen LogP contribution < -0.4 is 5.32 Å². The maximum Gasteiger partial charge on any atom is 0.243 e. The number of hydrogen-bond acceptors (Lipinski definition) is 5. The molecule has 1 atom stereocenters. The van der Waals surface area contributed by atoms with E-state index < -0.39 is 0 Å². The number of carbonyl (C=O) groups excluding carboxylic acids is 1. The summed E-state index contributed by atoms with van der Waals surface area (Å²) in [6.45, 7) is 4.67. The van der Waals surface area contributed by atoms with E-state index >= 15 is 0 Å². The van der Waals surface area contributed by atoms with Gasteiger partial charge in [-0.2, -0.15) is 0 Å². The lowest BCUT2D eigenvalue weighted by Gasteiger charge is -2.22. The molecule has 146 valence electrons. The van der Waals surface area contributed by atoms with Gasteiger partial charge in [0.15, 0.2) is 5.96 Å². The number of ether oxygens (including phenoxy) is 2. The fraction of sp³-hybridized carbons (Fsp3) is 0.667. The summed E-state index contributed by atoms with van der Waals surface area (Å²) in [7, 11) is 5.18. The van der Waals surface area contributed by atoms with Crippen LogP contribution in [0.5, 0.6) is 0 Å². The van der Waals surface area contributed by atoms with Gasteiger partial charge in [0.25, 0.3) is 0 Å². The van der Waals surface area contributed by atoms with Gasteiger partial charge >= 0.3 is 0 Å². The third-order valence-electron chi connectivity index (χ3n) is 4.23. The molecule has 1 aliphatic heterocycles. The summed E-state index contributed by atoms with van der Waals surface area (Å²) in [6, 6.07) is 4.13. The Labute approximate surface area is 160 Å². The summed E-state index contributed by atoms with van der Waals surface area (Å²) < 4.78 is 10.7. The van der Waals surface area contributed by atoms with Crippen molar-refractivity contribution in [3.8, 4) is 0 Å². The van der Waals surface area contributed by atoms with Gasteiger partial charge in [0, 0.05) is 45.1 Å². The van der Waals surface area contributed by atoms with Gasteiger partial charge in [-0.05, 0) is 17.9 Å². The average molecular weight is 383 g/mol. The lowest BCUT2D eigenvalue weighted by Crippen LogP contribution is -2.40. The summed E-state index contributed by atoms with van der Waals surface area (Å²) in [5.74, 6) is 1.28. The zero-order chi connectivity index (χ0) is 18.8. The molecule has 1 saturated heterocycles. The van der Waals surface area contributed by atoms with Crippen molar-refractivity contribution in [2.75, 3.05) is 60.7 Å². The molecule has 0 saturated carbocycles. The molecule has 8 heteroatoms. The van der Waals surface area contributed by atoms with E-state index in [4.69, 9.17) is 9.47 Å². The smallest absolute Gasteiger partial charge is 0.243 e. The van der Waals surface area contributed by atoms with Crippen molar-refractivity contribution in [3.05, 3.63) is 22.4 Å². The van der Waals surface area contributed by atoms with Crippen LogP contribution >= 0.6 is 11.3 Å². The van der Waals surface area contributed by atoms with Gasteiger partial charge in [-0.15, -0.1) is 11.3 Å². The van der Waals surface area contributed by atoms with E-state index in [-0.39, 0.29) is 12.5 Å². The molecule has 1 aromatic rings. The molecule has 0 aliphatic carbocycles. The van der Waals surface area contributed by atoms with Crippen LogP contribution in [0.15, 0.2) is 22.5 Å². The number of aliphatic imine (C=N–C) groups is 1. The zero-order valence-corrected chi connectivity index (χ0v) is 16.8. The zero-order valence-electron chi connectivity index (χ0n) is 15.9. The van der Waals surface area contributed by atoms with Crippen molar-refractivity contribution in [3.63, 3.8) is 0 Å². The van der Waals surface area contributed by atoms with Gasteiger partial charge in [-0.25, -0.2) is 4.99 Å². The number of guanidine groups is 1. The highest BCUT2D eigenvalue weighted by Crippen LogP contribution is 2.17. The number of carbonyl (C=O) groups is 1. The molecule has 7 nitrogen and oxygen atoms in total. The molecular weight excluding hydrogens is 352 g/mol. The number of methoxy groups -OCH3 is 1. The van der Waals surface area contributed by atoms with Crippen LogP contribution in [0, 0.1) is 5.92 Å². The quantitative estimate of drug-likeness (QED) is 0.396. The van der Waals surface area contributed by atoms with Crippen LogP contribution in [0.2, 0.25) is 0 Å². The van der Waals surface area contributed by atoms with Gasteiger partial charge in [-0.1, -0.05) is 6.07 Å². The van der Waals surface area contributed by atoms with Gasteiger partial charge in [0.05, 0.1) is 26.4 Å². The largest absolute Gasteiger partial charge is 0.382 e. The third kappa shape index (κ3) is 6.93. The SMILES string of the molecule is COCCOCC1CCN(C(=NCC(=O)N(C)C)NCc2cccs2)C1. The number of hydrogen-bond donors (Lipinski definition) is 1. The molecular formula is C18H30N4O3S. The van der Waals surface area contributed by atoms with Crippen LogP contribution in [0.3, 0.4) is 0 Å². The second-order valence-electron chi connectivity index (χ2n) is 6.53. The van der Waals surface area contributed by atoms with E-state index in [2.05, 4.69) is 26.7 Å². The predicted octanol–water partition coefficient (Wildman–Crippen LogP) is 1.27. The Morgan fingerprint density at radius 2 is 2.31 bits per heavy atom. The second-order valence-corrected chi connectivity index (χ2v) is 7.56. The Hall–Kier alpha value is -1.64. The monoisotopic (exact) mass is 382 g/mol. The second kappa shape index (κ2) is 11.2. The molecule has 26 heavy (non-hydrogen) atoms. The molecule has 2 rings (SSSR count). The molecule has 2 heterocycles. The molecule has 1 aliphatic rings. The third-order valence-corrected chi connectivity index (χ3v) is 5.11. The lowest BCUT2D eigenvalue weighted by molar-refractivity contribution is -0.127. The minimum absolute atomic E-state index is 0.000862. The standard InChI is InChI=1S/C18H30N4O3S/c1-21(2)17(23)12-20-18(19-11-16-5-4-10-26-16)22-7-6-15(13-22)14-25-9-8-24-3/h4-5,10,15H,6-9,11-14H2,1-3H3,(H,19,20). The normalized spacial score (nSPS) is 17.6. The van der Waals surface area contributed by atoms with Crippen LogP contribution in [0.25, 0.3) is 0 Å². The highest BCUT2D eigenvalue weighted by Gasteiger charge is 2.25. The van der Waals surface area contributed by atoms with Crippen LogP contribution in [-0.2, 0) is 20.8 Å². The van der Waals surface area contributed by atoms with E-state index in [1.807, 2.05) is 6.07 Å². The Bertz CT molecular complexity index is 563. The minimum atomic E-state index is -0.000862. The summed E-state index contributed by atoms with van der Waals surface area (Å²) >= 11 is 1.71. The van der Waals surface area contributed by atoms with E-state index in [1.165, 1.54) is 4.88 Å². The first-order valence-electron chi connectivity index (χ1n) is 8.92. The molecule has 1 amide bonds. The van der Waals surface area contributed by atoms with Crippen LogP contribution in [-0.4, -0.2) is 82.3 Å². The molecule has 0 radical (unpaired) electrons. The molecule has 0 spiro atoms. The predicted molar refractivity (Wildman–Crippen MR) is 105 cm³/mol. The number of nitrogens with one attached hydrogen (secondary N) is 1. The fourth-order valence-corrected chi connectivity index (χ4v) is 3.33. The molecule has 1 fully saturated rings. The molecule has 1 unspecified atom stereocenters. The Morgan fingerprint density at radius 1 is 1.46 bits per heavy atom. The van der Waals surface area contributed by atoms with Gasteiger partial charge < -0.3 is 24.6 Å². The molecule has 0 aromatic carbocycles. The molecule has 1 N–H and O–H groups in total. The highest BCUT2D eigenvalue weighted by atomic mass is 32.1. The van der Waals surface area contributed by atoms with Crippen molar-refractivity contribution >= 4 is 23.2 Å². The maximum atomic E-state index is 11.9. The van der Waals surface area contributed by atoms with Crippen molar-refractivity contribution in [2.24, 2.45) is 10.9 Å². The Kier molecular flexibility index (Phi) is 8.87. The lowest BCUT2D eigenvalue weighted by atomic mass is 10.1. The van der Waals surface area contributed by atoms with Gasteiger partial charge in [0.1, 0.15) is 6.54 Å². The first-order chi connectivity index (χ1) is 12.6. The van der Waals surface area contributed by atoms with E-state index in [0.29, 0.717) is 19.1 Å². The number of amides is 1. The summed E-state index contributed by atoms with van der Waals surface area (Å²) in [6.07, 6.45) is 1.06. The van der Waals surface area contributed by atoms with E-state index in [0.717, 1.165) is 38.6 Å². The Balaban J connectivity index is 1.90. The number of thiophene rings is 1. The van der Waals surface area contributed by atoms with Crippen LogP contribution in [0.4, 0.5) is 0 Å². The average Bonchev–Trinajstić information content (AvgIpc) is 3.30. The van der Waals surface area contributed by atoms with E-state index in [9.17, 15) is 4.79 Å². The van der Waals surface area contributed by atoms with Crippen molar-refractivity contribution in [1.82, 2.24) is 15.1 Å². The summed E-state index contributed by atoms with van der Waals surface area (Å²) in [5.41, 5.74) is 0. The first-order valence-corrected chi connectivity index (χ1v) is 9.80. The summed E-state index contributed by atoms with van der Waals surface area (Å²) in [5, 5.41) is 5.47. The van der Waals surface area contributed by atoms with Crippen molar-refractivity contribution in [2.45, 2.75) is 13.0 Å². The van der Waals surface area contributed by atoms with Gasteiger partial charge in [0.2, 0.25) is 5.91 Å². The molecule has 0 bridgehead atoms. The first kappa shape index (κ1) is 20.7. The van der Waals surface area contributed by atoms with Gasteiger partial charge in [-0.3, -0.25) is 4.79 Å². The number of likely N-dealkylation sites (N-methyl/N-ethyl adjacent to an activating group) is 1. The number of rotatable bonds is 9. The van der Waals surface area contributed by atoms with Crippen molar-refractivity contribution in [1.29, 1.82) is 0 Å². The molecule has 1 aromatic heterocycles. The minimum Gasteiger partial charge on any atom is -0.382 e. The Morgan fingerprint density at radius 3 is 3.00 bits per heavy atom. The van der Waals surface area contributed by atoms with Crippen LogP contribution in [0.1, 0.15) is 11.3 Å². The number of likely N-dealkylation sites (tertiary alicyclic amines) is 1. The number of nitrogens with zero attached hydrogens (tertiary/aromatic N) is 3. The maximum absolute atomic E-state index is 11.9. The highest BCUT2D eigenvalue weighted by molar-refractivity contribution is 7.09. The topological polar surface area (TPSA) is 66.4 Å². The summed E-state index contributed by atoms with van der Waals surface area (Å²) in [4.78, 5) is 21.5.